The normalized spacial score (nSPS) is 16.7. The van der Waals surface area contributed by atoms with Crippen LogP contribution in [0.2, 0.25) is 0 Å². The third kappa shape index (κ3) is 4.54. The molecule has 6 heteroatoms. The fourth-order valence-corrected chi connectivity index (χ4v) is 2.11. The molecule has 0 saturated heterocycles. The van der Waals surface area contributed by atoms with E-state index in [1.54, 1.807) is 25.1 Å². The predicted molar refractivity (Wildman–Crippen MR) is 83.0 cm³/mol. The van der Waals surface area contributed by atoms with Crippen molar-refractivity contribution < 1.29 is 14.7 Å². The lowest BCUT2D eigenvalue weighted by Crippen LogP contribution is -2.49. The maximum Gasteiger partial charge on any atom is 0.251 e. The summed E-state index contributed by atoms with van der Waals surface area (Å²) in [6.07, 6.45) is 0.987. The lowest BCUT2D eigenvalue weighted by Gasteiger charge is -2.20. The Morgan fingerprint density at radius 3 is 2.77 bits per heavy atom. The van der Waals surface area contributed by atoms with E-state index >= 15 is 0 Å². The Morgan fingerprint density at radius 1 is 1.41 bits per heavy atom. The number of amides is 2. The largest absolute Gasteiger partial charge is 0.381 e. The topological polar surface area (TPSA) is 104 Å². The van der Waals surface area contributed by atoms with Gasteiger partial charge in [0.25, 0.3) is 11.8 Å². The van der Waals surface area contributed by atoms with Crippen LogP contribution in [0.15, 0.2) is 24.3 Å². The van der Waals surface area contributed by atoms with Crippen LogP contribution >= 0.6 is 0 Å². The van der Waals surface area contributed by atoms with Crippen LogP contribution in [0.4, 0.5) is 0 Å². The fraction of sp³-hybridized carbons (Fsp3) is 0.500. The predicted octanol–water partition coefficient (Wildman–Crippen LogP) is 0.151. The number of carbonyl (C=O) groups excluding carboxylic acids is 2. The van der Waals surface area contributed by atoms with Crippen molar-refractivity contribution in [2.45, 2.75) is 38.5 Å². The number of carbonyl (C=O) groups is 2. The van der Waals surface area contributed by atoms with Crippen LogP contribution in [0.25, 0.3) is 0 Å². The molecule has 2 atom stereocenters. The van der Waals surface area contributed by atoms with Crippen LogP contribution in [0.5, 0.6) is 0 Å². The van der Waals surface area contributed by atoms with E-state index in [2.05, 4.69) is 10.6 Å². The molecule has 1 saturated carbocycles. The number of nitrogens with two attached hydrogens (primary N) is 1. The van der Waals surface area contributed by atoms with Crippen molar-refractivity contribution in [1.82, 2.24) is 10.6 Å². The van der Waals surface area contributed by atoms with Crippen LogP contribution in [-0.4, -0.2) is 35.6 Å². The van der Waals surface area contributed by atoms with Crippen LogP contribution < -0.4 is 16.4 Å². The average Bonchev–Trinajstić information content (AvgIpc) is 3.36. The Morgan fingerprint density at radius 2 is 2.14 bits per heavy atom. The summed E-state index contributed by atoms with van der Waals surface area (Å²) >= 11 is 0. The van der Waals surface area contributed by atoms with Crippen molar-refractivity contribution >= 4 is 11.8 Å². The van der Waals surface area contributed by atoms with Gasteiger partial charge in [-0.05, 0) is 43.4 Å². The van der Waals surface area contributed by atoms with E-state index in [0.717, 1.165) is 18.4 Å². The Kier molecular flexibility index (Phi) is 5.51. The molecule has 1 aromatic carbocycles. The summed E-state index contributed by atoms with van der Waals surface area (Å²) in [5.74, 6) is -0.243. The summed E-state index contributed by atoms with van der Waals surface area (Å²) in [6.45, 7) is 2.55. The van der Waals surface area contributed by atoms with Gasteiger partial charge in [-0.15, -0.1) is 0 Å². The first-order valence-corrected chi connectivity index (χ1v) is 7.57. The van der Waals surface area contributed by atoms with Gasteiger partial charge in [0.15, 0.2) is 6.10 Å². The fourth-order valence-electron chi connectivity index (χ4n) is 2.11. The summed E-state index contributed by atoms with van der Waals surface area (Å²) in [7, 11) is 0. The van der Waals surface area contributed by atoms with Crippen molar-refractivity contribution in [3.8, 4) is 0 Å². The second kappa shape index (κ2) is 7.38. The van der Waals surface area contributed by atoms with Gasteiger partial charge in [0.05, 0.1) is 6.04 Å². The van der Waals surface area contributed by atoms with Crippen LogP contribution in [0, 0.1) is 5.92 Å². The molecule has 0 aromatic heterocycles. The molecule has 0 aliphatic heterocycles. The summed E-state index contributed by atoms with van der Waals surface area (Å²) in [5, 5.41) is 15.3. The quantitative estimate of drug-likeness (QED) is 0.575. The molecule has 2 amide bonds. The van der Waals surface area contributed by atoms with Gasteiger partial charge in [-0.1, -0.05) is 12.1 Å². The van der Waals surface area contributed by atoms with Crippen LogP contribution in [0.1, 0.15) is 35.7 Å². The minimum absolute atomic E-state index is 0.336. The van der Waals surface area contributed by atoms with Crippen molar-refractivity contribution in [2.75, 3.05) is 6.54 Å². The lowest BCUT2D eigenvalue weighted by atomic mass is 10.1. The van der Waals surface area contributed by atoms with Gasteiger partial charge >= 0.3 is 0 Å². The monoisotopic (exact) mass is 305 g/mol. The van der Waals surface area contributed by atoms with E-state index in [1.807, 2.05) is 6.07 Å². The molecule has 2 rings (SSSR count). The van der Waals surface area contributed by atoms with Crippen molar-refractivity contribution in [3.63, 3.8) is 0 Å². The van der Waals surface area contributed by atoms with Gasteiger partial charge in [-0.3, -0.25) is 9.59 Å². The van der Waals surface area contributed by atoms with E-state index in [4.69, 9.17) is 5.73 Å². The van der Waals surface area contributed by atoms with Gasteiger partial charge in [0, 0.05) is 18.7 Å². The second-order valence-electron chi connectivity index (χ2n) is 5.80. The Hall–Kier alpha value is -1.92. The molecule has 0 spiro atoms. The molecule has 6 nitrogen and oxygen atoms in total. The van der Waals surface area contributed by atoms with Crippen molar-refractivity contribution in [1.29, 1.82) is 0 Å². The molecular weight excluding hydrogens is 282 g/mol. The van der Waals surface area contributed by atoms with E-state index in [9.17, 15) is 14.7 Å². The molecule has 5 N–H and O–H groups in total. The van der Waals surface area contributed by atoms with Crippen molar-refractivity contribution in [3.05, 3.63) is 35.4 Å². The number of aliphatic hydroxyl groups is 1. The summed E-state index contributed by atoms with van der Waals surface area (Å²) in [6, 6.07) is 6.27. The maximum absolute atomic E-state index is 12.1. The number of benzene rings is 1. The Bertz CT molecular complexity index is 543. The Balaban J connectivity index is 1.87. The molecule has 1 aliphatic carbocycles. The molecule has 2 unspecified atom stereocenters. The molecule has 0 radical (unpaired) electrons. The van der Waals surface area contributed by atoms with E-state index in [1.165, 1.54) is 0 Å². The van der Waals surface area contributed by atoms with Crippen molar-refractivity contribution in [2.24, 2.45) is 11.7 Å². The molecule has 1 aliphatic rings. The number of nitrogens with one attached hydrogen (secondary N) is 2. The molecule has 1 fully saturated rings. The molecule has 1 aromatic rings. The molecule has 0 bridgehead atoms. The first-order chi connectivity index (χ1) is 10.5. The average molecular weight is 305 g/mol. The first-order valence-electron chi connectivity index (χ1n) is 7.57. The minimum Gasteiger partial charge on any atom is -0.381 e. The zero-order chi connectivity index (χ0) is 16.1. The number of rotatable bonds is 7. The highest BCUT2D eigenvalue weighted by Crippen LogP contribution is 2.27. The third-order valence-corrected chi connectivity index (χ3v) is 3.79. The first kappa shape index (κ1) is 16.5. The highest BCUT2D eigenvalue weighted by molar-refractivity contribution is 5.95. The number of hydrogen-bond acceptors (Lipinski definition) is 4. The highest BCUT2D eigenvalue weighted by atomic mass is 16.3. The minimum atomic E-state index is -1.26. The van der Waals surface area contributed by atoms with E-state index < -0.39 is 18.1 Å². The van der Waals surface area contributed by atoms with Gasteiger partial charge in [0.1, 0.15) is 0 Å². The van der Waals surface area contributed by atoms with Gasteiger partial charge in [-0.2, -0.15) is 0 Å². The second-order valence-corrected chi connectivity index (χ2v) is 5.80. The van der Waals surface area contributed by atoms with E-state index in [0.29, 0.717) is 24.6 Å². The SMILES string of the molecule is CC(NC(=O)c1cccc(CN)c1)C(O)C(=O)NCC1CC1. The van der Waals surface area contributed by atoms with Crippen LogP contribution in [-0.2, 0) is 11.3 Å². The smallest absolute Gasteiger partial charge is 0.251 e. The zero-order valence-electron chi connectivity index (χ0n) is 12.7. The zero-order valence-corrected chi connectivity index (χ0v) is 12.7. The number of aliphatic hydroxyl groups excluding tert-OH is 1. The van der Waals surface area contributed by atoms with Gasteiger partial charge in [-0.25, -0.2) is 0 Å². The summed E-state index contributed by atoms with van der Waals surface area (Å²) < 4.78 is 0. The summed E-state index contributed by atoms with van der Waals surface area (Å²) in [5.41, 5.74) is 6.85. The summed E-state index contributed by atoms with van der Waals surface area (Å²) in [4.78, 5) is 23.9. The molecule has 0 heterocycles. The number of hydrogen-bond donors (Lipinski definition) is 4. The highest BCUT2D eigenvalue weighted by Gasteiger charge is 2.27. The van der Waals surface area contributed by atoms with Crippen LogP contribution in [0.3, 0.4) is 0 Å². The maximum atomic E-state index is 12.1. The Labute approximate surface area is 130 Å². The lowest BCUT2D eigenvalue weighted by molar-refractivity contribution is -0.130. The van der Waals surface area contributed by atoms with E-state index in [-0.39, 0.29) is 5.91 Å². The van der Waals surface area contributed by atoms with Gasteiger partial charge < -0.3 is 21.5 Å². The third-order valence-electron chi connectivity index (χ3n) is 3.79. The molecule has 120 valence electrons. The molecular formula is C16H23N3O3. The standard InChI is InChI=1S/C16H23N3O3/c1-10(14(20)16(22)18-9-11-5-6-11)19-15(21)13-4-2-3-12(7-13)8-17/h2-4,7,10-11,14,20H,5-6,8-9,17H2,1H3,(H,18,22)(H,19,21). The molecule has 22 heavy (non-hydrogen) atoms. The van der Waals surface area contributed by atoms with Gasteiger partial charge in [0.2, 0.25) is 0 Å².